The summed E-state index contributed by atoms with van der Waals surface area (Å²) in [6.45, 7) is 10.7. The number of aryl methyl sites for hydroxylation is 3. The standard InChI is InChI=1S/C22H28N4O3/c1-5-29-22(28)26-10-8-25(9-11-26)18-6-7-23-19(14-18)21(27)24-20-16(3)12-15(2)13-17(20)4/h6-7,12-14H,5,8-11H2,1-4H3,(H,24,27). The fourth-order valence-electron chi connectivity index (χ4n) is 3.66. The number of ether oxygens (including phenoxy) is 1. The average molecular weight is 396 g/mol. The molecule has 1 aromatic heterocycles. The molecule has 2 aromatic rings. The molecule has 0 radical (unpaired) electrons. The van der Waals surface area contributed by atoms with Crippen molar-refractivity contribution < 1.29 is 14.3 Å². The van der Waals surface area contributed by atoms with E-state index in [4.69, 9.17) is 4.74 Å². The first-order valence-electron chi connectivity index (χ1n) is 9.91. The molecule has 1 N–H and O–H groups in total. The van der Waals surface area contributed by atoms with Gasteiger partial charge in [0.25, 0.3) is 5.91 Å². The molecule has 1 aliphatic heterocycles. The zero-order chi connectivity index (χ0) is 21.0. The van der Waals surface area contributed by atoms with Gasteiger partial charge in [-0.05, 0) is 51.0 Å². The van der Waals surface area contributed by atoms with E-state index < -0.39 is 0 Å². The largest absolute Gasteiger partial charge is 0.450 e. The normalized spacial score (nSPS) is 13.9. The predicted molar refractivity (Wildman–Crippen MR) is 114 cm³/mol. The highest BCUT2D eigenvalue weighted by molar-refractivity contribution is 6.04. The Kier molecular flexibility index (Phi) is 6.36. The SMILES string of the molecule is CCOC(=O)N1CCN(c2ccnc(C(=O)Nc3c(C)cc(C)cc3C)c2)CC1. The van der Waals surface area contributed by atoms with Crippen LogP contribution in [0.2, 0.25) is 0 Å². The Bertz CT molecular complexity index is 882. The van der Waals surface area contributed by atoms with Gasteiger partial charge in [0.15, 0.2) is 0 Å². The molecule has 1 aromatic carbocycles. The van der Waals surface area contributed by atoms with E-state index in [1.165, 1.54) is 5.56 Å². The minimum atomic E-state index is -0.272. The van der Waals surface area contributed by atoms with Crippen LogP contribution in [0.4, 0.5) is 16.2 Å². The summed E-state index contributed by atoms with van der Waals surface area (Å²) in [5.74, 6) is -0.230. The second-order valence-corrected chi connectivity index (χ2v) is 7.30. The number of hydrogen-bond acceptors (Lipinski definition) is 5. The maximum absolute atomic E-state index is 12.8. The van der Waals surface area contributed by atoms with Crippen LogP contribution >= 0.6 is 0 Å². The lowest BCUT2D eigenvalue weighted by molar-refractivity contribution is 0.102. The highest BCUT2D eigenvalue weighted by Crippen LogP contribution is 2.23. The Morgan fingerprint density at radius 3 is 2.34 bits per heavy atom. The lowest BCUT2D eigenvalue weighted by Gasteiger charge is -2.35. The third kappa shape index (κ3) is 4.85. The number of anilines is 2. The monoisotopic (exact) mass is 396 g/mol. The van der Waals surface area contributed by atoms with Crippen LogP contribution in [0.15, 0.2) is 30.5 Å². The van der Waals surface area contributed by atoms with Crippen LogP contribution in [-0.2, 0) is 4.74 Å². The topological polar surface area (TPSA) is 74.8 Å². The first kappa shape index (κ1) is 20.6. The molecular weight excluding hydrogens is 368 g/mol. The summed E-state index contributed by atoms with van der Waals surface area (Å²) in [5.41, 5.74) is 5.35. The van der Waals surface area contributed by atoms with E-state index in [-0.39, 0.29) is 12.0 Å². The first-order chi connectivity index (χ1) is 13.9. The second kappa shape index (κ2) is 8.94. The lowest BCUT2D eigenvalue weighted by atomic mass is 10.0. The highest BCUT2D eigenvalue weighted by Gasteiger charge is 2.23. The molecule has 1 saturated heterocycles. The molecule has 0 bridgehead atoms. The summed E-state index contributed by atoms with van der Waals surface area (Å²) in [5, 5.41) is 3.00. The zero-order valence-corrected chi connectivity index (χ0v) is 17.5. The van der Waals surface area contributed by atoms with Crippen molar-refractivity contribution in [1.82, 2.24) is 9.88 Å². The van der Waals surface area contributed by atoms with Crippen LogP contribution in [0.3, 0.4) is 0 Å². The van der Waals surface area contributed by atoms with Crippen molar-refractivity contribution in [2.24, 2.45) is 0 Å². The van der Waals surface area contributed by atoms with E-state index in [0.29, 0.717) is 38.5 Å². The quantitative estimate of drug-likeness (QED) is 0.856. The van der Waals surface area contributed by atoms with E-state index in [1.54, 1.807) is 24.1 Å². The van der Waals surface area contributed by atoms with Gasteiger partial charge in [-0.3, -0.25) is 9.78 Å². The maximum atomic E-state index is 12.8. The highest BCUT2D eigenvalue weighted by atomic mass is 16.6. The summed E-state index contributed by atoms with van der Waals surface area (Å²) < 4.78 is 5.06. The van der Waals surface area contributed by atoms with Crippen molar-refractivity contribution in [3.05, 3.63) is 52.8 Å². The second-order valence-electron chi connectivity index (χ2n) is 7.30. The van der Waals surface area contributed by atoms with Gasteiger partial charge in [-0.2, -0.15) is 0 Å². The first-order valence-corrected chi connectivity index (χ1v) is 9.91. The Morgan fingerprint density at radius 2 is 1.72 bits per heavy atom. The molecule has 1 aliphatic rings. The fraction of sp³-hybridized carbons (Fsp3) is 0.409. The van der Waals surface area contributed by atoms with Gasteiger partial charge in [-0.25, -0.2) is 4.79 Å². The molecule has 7 heteroatoms. The number of carbonyl (C=O) groups is 2. The average Bonchev–Trinajstić information content (AvgIpc) is 2.71. The van der Waals surface area contributed by atoms with Gasteiger partial charge in [0.1, 0.15) is 5.69 Å². The lowest BCUT2D eigenvalue weighted by Crippen LogP contribution is -2.49. The molecule has 0 aliphatic carbocycles. The van der Waals surface area contributed by atoms with Crippen LogP contribution in [0.25, 0.3) is 0 Å². The van der Waals surface area contributed by atoms with Crippen LogP contribution in [0.1, 0.15) is 34.1 Å². The van der Waals surface area contributed by atoms with Crippen LogP contribution in [0.5, 0.6) is 0 Å². The summed E-state index contributed by atoms with van der Waals surface area (Å²) in [6, 6.07) is 7.79. The van der Waals surface area contributed by atoms with Gasteiger partial charge in [-0.15, -0.1) is 0 Å². The predicted octanol–water partition coefficient (Wildman–Crippen LogP) is 3.54. The number of aromatic nitrogens is 1. The van der Waals surface area contributed by atoms with E-state index in [2.05, 4.69) is 27.3 Å². The van der Waals surface area contributed by atoms with Gasteiger partial charge in [0.2, 0.25) is 0 Å². The van der Waals surface area contributed by atoms with Crippen molar-refractivity contribution >= 4 is 23.4 Å². The summed E-state index contributed by atoms with van der Waals surface area (Å²) in [6.07, 6.45) is 1.38. The molecule has 7 nitrogen and oxygen atoms in total. The Labute approximate surface area is 171 Å². The molecular formula is C22H28N4O3. The number of amides is 2. The Morgan fingerprint density at radius 1 is 1.07 bits per heavy atom. The third-order valence-corrected chi connectivity index (χ3v) is 5.06. The summed E-state index contributed by atoms with van der Waals surface area (Å²) in [4.78, 5) is 32.8. The molecule has 0 saturated carbocycles. The minimum absolute atomic E-state index is 0.230. The number of hydrogen-bond donors (Lipinski definition) is 1. The number of benzene rings is 1. The summed E-state index contributed by atoms with van der Waals surface area (Å²) >= 11 is 0. The molecule has 0 atom stereocenters. The van der Waals surface area contributed by atoms with Gasteiger partial charge < -0.3 is 19.9 Å². The van der Waals surface area contributed by atoms with Gasteiger partial charge in [0, 0.05) is 43.8 Å². The molecule has 29 heavy (non-hydrogen) atoms. The minimum Gasteiger partial charge on any atom is -0.450 e. The number of carbonyl (C=O) groups excluding carboxylic acids is 2. The molecule has 0 spiro atoms. The third-order valence-electron chi connectivity index (χ3n) is 5.06. The smallest absolute Gasteiger partial charge is 0.409 e. The molecule has 2 amide bonds. The van der Waals surface area contributed by atoms with Gasteiger partial charge in [0.05, 0.1) is 6.61 Å². The van der Waals surface area contributed by atoms with Gasteiger partial charge >= 0.3 is 6.09 Å². The van der Waals surface area contributed by atoms with Crippen molar-refractivity contribution in [2.45, 2.75) is 27.7 Å². The number of pyridine rings is 1. The molecule has 154 valence electrons. The van der Waals surface area contributed by atoms with Crippen LogP contribution in [-0.4, -0.2) is 54.7 Å². The number of nitrogens with zero attached hydrogens (tertiary/aromatic N) is 3. The Balaban J connectivity index is 1.69. The van der Waals surface area contributed by atoms with Gasteiger partial charge in [-0.1, -0.05) is 17.7 Å². The van der Waals surface area contributed by atoms with Crippen molar-refractivity contribution in [3.63, 3.8) is 0 Å². The number of nitrogens with one attached hydrogen (secondary N) is 1. The Hall–Kier alpha value is -3.09. The fourth-order valence-corrected chi connectivity index (χ4v) is 3.66. The van der Waals surface area contributed by atoms with Crippen molar-refractivity contribution in [3.8, 4) is 0 Å². The molecule has 3 rings (SSSR count). The van der Waals surface area contributed by atoms with E-state index >= 15 is 0 Å². The molecule has 0 unspecified atom stereocenters. The molecule has 1 fully saturated rings. The van der Waals surface area contributed by atoms with Crippen LogP contribution in [0, 0.1) is 20.8 Å². The van der Waals surface area contributed by atoms with E-state index in [9.17, 15) is 9.59 Å². The van der Waals surface area contributed by atoms with Crippen molar-refractivity contribution in [2.75, 3.05) is 43.0 Å². The van der Waals surface area contributed by atoms with Crippen LogP contribution < -0.4 is 10.2 Å². The zero-order valence-electron chi connectivity index (χ0n) is 17.5. The number of piperazine rings is 1. The van der Waals surface area contributed by atoms with Crippen molar-refractivity contribution in [1.29, 1.82) is 0 Å². The van der Waals surface area contributed by atoms with E-state index in [1.807, 2.05) is 26.8 Å². The molecule has 2 heterocycles. The van der Waals surface area contributed by atoms with E-state index in [0.717, 1.165) is 22.5 Å². The maximum Gasteiger partial charge on any atom is 0.409 e. The summed E-state index contributed by atoms with van der Waals surface area (Å²) in [7, 11) is 0. The number of rotatable bonds is 4.